The number of hydrogen-bond donors (Lipinski definition) is 1. The highest BCUT2D eigenvalue weighted by atomic mass is 32.1. The third-order valence-electron chi connectivity index (χ3n) is 5.92. The molecule has 2 aromatic carbocycles. The summed E-state index contributed by atoms with van der Waals surface area (Å²) >= 11 is 1.19. The molecule has 0 bridgehead atoms. The zero-order valence-electron chi connectivity index (χ0n) is 20.8. The van der Waals surface area contributed by atoms with E-state index in [1.807, 2.05) is 0 Å². The van der Waals surface area contributed by atoms with Crippen molar-refractivity contribution in [2.45, 2.75) is 13.8 Å². The van der Waals surface area contributed by atoms with Crippen molar-refractivity contribution in [3.05, 3.63) is 58.1 Å². The third kappa shape index (κ3) is 4.11. The van der Waals surface area contributed by atoms with E-state index in [0.29, 0.717) is 66.0 Å². The Kier molecular flexibility index (Phi) is 6.85. The Morgan fingerprint density at radius 2 is 1.53 bits per heavy atom. The second kappa shape index (κ2) is 9.87. The van der Waals surface area contributed by atoms with Gasteiger partial charge in [-0.25, -0.2) is 4.98 Å². The van der Waals surface area contributed by atoms with E-state index < -0.39 is 0 Å². The Morgan fingerprint density at radius 1 is 0.917 bits per heavy atom. The summed E-state index contributed by atoms with van der Waals surface area (Å²) in [5.41, 5.74) is 9.46. The largest absolute Gasteiger partial charge is 0.497 e. The summed E-state index contributed by atoms with van der Waals surface area (Å²) in [6.45, 7) is 3.24. The predicted octanol–water partition coefficient (Wildman–Crippen LogP) is 5.32. The monoisotopic (exact) mass is 506 g/mol. The number of nitrogen functional groups attached to an aromatic ring is 1. The zero-order valence-corrected chi connectivity index (χ0v) is 21.7. The van der Waals surface area contributed by atoms with Crippen LogP contribution in [0.1, 0.15) is 38.2 Å². The number of carbonyl (C=O) groups is 2. The number of methoxy groups -OCH3 is 4. The predicted molar refractivity (Wildman–Crippen MR) is 140 cm³/mol. The van der Waals surface area contributed by atoms with Crippen LogP contribution in [0.2, 0.25) is 0 Å². The minimum absolute atomic E-state index is 0.181. The number of nitrogens with two attached hydrogens (primary N) is 1. The summed E-state index contributed by atoms with van der Waals surface area (Å²) < 4.78 is 21.7. The van der Waals surface area contributed by atoms with Crippen LogP contribution in [0.4, 0.5) is 5.69 Å². The lowest BCUT2D eigenvalue weighted by Gasteiger charge is -2.17. The molecule has 4 aromatic rings. The van der Waals surface area contributed by atoms with E-state index in [-0.39, 0.29) is 17.3 Å². The number of nitrogens with zero attached hydrogens (tertiary/aromatic N) is 1. The average molecular weight is 507 g/mol. The lowest BCUT2D eigenvalue weighted by molar-refractivity contribution is 0.101. The molecule has 2 aromatic heterocycles. The molecule has 0 radical (unpaired) electrons. The van der Waals surface area contributed by atoms with Crippen LogP contribution in [-0.4, -0.2) is 45.0 Å². The van der Waals surface area contributed by atoms with Crippen molar-refractivity contribution in [1.29, 1.82) is 0 Å². The molecule has 4 rings (SSSR count). The van der Waals surface area contributed by atoms with E-state index in [0.717, 1.165) is 0 Å². The van der Waals surface area contributed by atoms with Crippen LogP contribution in [0.5, 0.6) is 23.0 Å². The number of fused-ring (bicyclic) bond motifs is 1. The summed E-state index contributed by atoms with van der Waals surface area (Å²) in [7, 11) is 6.12. The normalized spacial score (nSPS) is 10.8. The number of aromatic nitrogens is 1. The van der Waals surface area contributed by atoms with E-state index >= 15 is 0 Å². The van der Waals surface area contributed by atoms with Crippen LogP contribution in [0.25, 0.3) is 21.3 Å². The molecule has 0 atom stereocenters. The molecule has 0 saturated heterocycles. The summed E-state index contributed by atoms with van der Waals surface area (Å²) in [5, 5.41) is 0.530. The van der Waals surface area contributed by atoms with Crippen LogP contribution < -0.4 is 24.7 Å². The molecular weight excluding hydrogens is 480 g/mol. The highest BCUT2D eigenvalue weighted by Gasteiger charge is 2.27. The van der Waals surface area contributed by atoms with Crippen molar-refractivity contribution < 1.29 is 28.5 Å². The molecule has 0 aliphatic rings. The number of carbonyl (C=O) groups excluding carboxylic acids is 2. The number of anilines is 1. The van der Waals surface area contributed by atoms with Crippen LogP contribution >= 0.6 is 11.3 Å². The fraction of sp³-hybridized carbons (Fsp3) is 0.222. The minimum atomic E-state index is -0.240. The van der Waals surface area contributed by atoms with Crippen LogP contribution in [0, 0.1) is 6.92 Å². The number of hydrogen-bond acceptors (Lipinski definition) is 9. The first-order valence-electron chi connectivity index (χ1n) is 11.0. The molecule has 0 aliphatic carbocycles. The molecular formula is C27H26N2O6S. The van der Waals surface area contributed by atoms with Crippen molar-refractivity contribution in [3.8, 4) is 34.1 Å². The van der Waals surface area contributed by atoms with E-state index in [1.165, 1.54) is 39.6 Å². The van der Waals surface area contributed by atoms with Gasteiger partial charge in [0, 0.05) is 22.1 Å². The van der Waals surface area contributed by atoms with Gasteiger partial charge in [-0.3, -0.25) is 9.59 Å². The fourth-order valence-electron chi connectivity index (χ4n) is 4.25. The number of ketones is 2. The second-order valence-electron chi connectivity index (χ2n) is 8.00. The molecule has 0 spiro atoms. The lowest BCUT2D eigenvalue weighted by atomic mass is 9.92. The van der Waals surface area contributed by atoms with E-state index in [9.17, 15) is 9.59 Å². The molecule has 36 heavy (non-hydrogen) atoms. The third-order valence-corrected chi connectivity index (χ3v) is 7.02. The first-order valence-corrected chi connectivity index (χ1v) is 11.8. The Morgan fingerprint density at radius 3 is 2.03 bits per heavy atom. The highest BCUT2D eigenvalue weighted by molar-refractivity contribution is 7.21. The quantitative estimate of drug-likeness (QED) is 0.320. The summed E-state index contributed by atoms with van der Waals surface area (Å²) in [4.78, 5) is 31.8. The van der Waals surface area contributed by atoms with Gasteiger partial charge in [0.1, 0.15) is 15.5 Å². The van der Waals surface area contributed by atoms with Gasteiger partial charge in [0.25, 0.3) is 0 Å². The van der Waals surface area contributed by atoms with Crippen LogP contribution in [0.3, 0.4) is 0 Å². The maximum Gasteiger partial charge on any atom is 0.205 e. The Hall–Kier alpha value is -4.11. The molecule has 0 amide bonds. The molecule has 9 heteroatoms. The number of aryl methyl sites for hydroxylation is 1. The molecule has 8 nitrogen and oxygen atoms in total. The number of benzene rings is 2. The summed E-state index contributed by atoms with van der Waals surface area (Å²) in [6.07, 6.45) is 0. The fourth-order valence-corrected chi connectivity index (χ4v) is 5.37. The average Bonchev–Trinajstić information content (AvgIpc) is 3.21. The van der Waals surface area contributed by atoms with Crippen molar-refractivity contribution in [2.75, 3.05) is 34.2 Å². The van der Waals surface area contributed by atoms with Gasteiger partial charge in [0.2, 0.25) is 11.5 Å². The van der Waals surface area contributed by atoms with Gasteiger partial charge in [0.15, 0.2) is 17.3 Å². The van der Waals surface area contributed by atoms with Gasteiger partial charge >= 0.3 is 0 Å². The summed E-state index contributed by atoms with van der Waals surface area (Å²) in [6, 6.07) is 10.3. The minimum Gasteiger partial charge on any atom is -0.497 e. The van der Waals surface area contributed by atoms with Gasteiger partial charge in [-0.1, -0.05) is 0 Å². The van der Waals surface area contributed by atoms with Gasteiger partial charge in [0.05, 0.1) is 39.8 Å². The lowest BCUT2D eigenvalue weighted by Crippen LogP contribution is -2.05. The highest BCUT2D eigenvalue weighted by Crippen LogP contribution is 2.47. The number of Topliss-reactive ketones (excluding diaryl/α,β-unsaturated/α-hetero) is 1. The van der Waals surface area contributed by atoms with E-state index in [2.05, 4.69) is 4.98 Å². The topological polar surface area (TPSA) is 110 Å². The zero-order chi connectivity index (χ0) is 26.1. The second-order valence-corrected chi connectivity index (χ2v) is 9.00. The van der Waals surface area contributed by atoms with Gasteiger partial charge in [-0.15, -0.1) is 11.3 Å². The maximum absolute atomic E-state index is 13.4. The smallest absolute Gasteiger partial charge is 0.205 e. The number of rotatable bonds is 8. The molecule has 2 N–H and O–H groups in total. The maximum atomic E-state index is 13.4. The molecule has 2 heterocycles. The molecule has 0 aliphatic heterocycles. The molecule has 0 fully saturated rings. The van der Waals surface area contributed by atoms with Crippen LogP contribution in [0.15, 0.2) is 36.4 Å². The Balaban J connectivity index is 2.03. The SMILES string of the molecule is COc1ccc(C(=O)c2sc3nc(C)c(C(C)=O)c(-c4cc(OC)c(OC)c(OC)c4)c3c2N)cc1. The number of pyridine rings is 1. The van der Waals surface area contributed by atoms with Crippen LogP contribution in [-0.2, 0) is 0 Å². The van der Waals surface area contributed by atoms with E-state index in [4.69, 9.17) is 24.7 Å². The van der Waals surface area contributed by atoms with E-state index in [1.54, 1.807) is 50.4 Å². The standard InChI is InChI=1S/C27H26N2O6S/c1-13-20(14(2)30)21(16-11-18(33-4)25(35-6)19(12-16)34-5)22-23(28)26(36-27(22)29-13)24(31)15-7-9-17(32-3)10-8-15/h7-12H,28H2,1-6H3. The van der Waals surface area contributed by atoms with Gasteiger partial charge < -0.3 is 24.7 Å². The Bertz CT molecular complexity index is 1470. The van der Waals surface area contributed by atoms with Crippen molar-refractivity contribution in [2.24, 2.45) is 0 Å². The van der Waals surface area contributed by atoms with Crippen molar-refractivity contribution >= 4 is 38.8 Å². The molecule has 186 valence electrons. The van der Waals surface area contributed by atoms with Gasteiger partial charge in [-0.2, -0.15) is 0 Å². The number of thiophene rings is 1. The van der Waals surface area contributed by atoms with Crippen molar-refractivity contribution in [3.63, 3.8) is 0 Å². The first kappa shape index (κ1) is 25.0. The molecule has 0 unspecified atom stereocenters. The summed E-state index contributed by atoms with van der Waals surface area (Å²) in [5.74, 6) is 1.49. The van der Waals surface area contributed by atoms with Gasteiger partial charge in [-0.05, 0) is 55.8 Å². The first-order chi connectivity index (χ1) is 17.2. The molecule has 0 saturated carbocycles. The Labute approximate surface area is 212 Å². The number of ether oxygens (including phenoxy) is 4. The van der Waals surface area contributed by atoms with Crippen molar-refractivity contribution in [1.82, 2.24) is 4.98 Å².